The van der Waals surface area contributed by atoms with E-state index in [9.17, 15) is 14.4 Å². The van der Waals surface area contributed by atoms with Crippen molar-refractivity contribution in [3.8, 4) is 0 Å². The van der Waals surface area contributed by atoms with Crippen molar-refractivity contribution >= 4 is 34.2 Å². The Morgan fingerprint density at radius 3 is 2.58 bits per heavy atom. The smallest absolute Gasteiger partial charge is 0.245 e. The summed E-state index contributed by atoms with van der Waals surface area (Å²) < 4.78 is 10.8. The molecule has 2 aliphatic rings. The molecule has 9 nitrogen and oxygen atoms in total. The van der Waals surface area contributed by atoms with E-state index >= 15 is 0 Å². The molecule has 1 N–H and O–H groups in total. The number of amides is 3. The van der Waals surface area contributed by atoms with Gasteiger partial charge in [0.15, 0.2) is 5.13 Å². The van der Waals surface area contributed by atoms with Gasteiger partial charge in [0.2, 0.25) is 17.7 Å². The maximum Gasteiger partial charge on any atom is 0.245 e. The third kappa shape index (κ3) is 7.75. The third-order valence-electron chi connectivity index (χ3n) is 6.07. The van der Waals surface area contributed by atoms with Crippen LogP contribution in [0.2, 0.25) is 0 Å². The monoisotopic (exact) mass is 480 g/mol. The molecule has 1 aromatic rings. The van der Waals surface area contributed by atoms with Crippen LogP contribution in [0.4, 0.5) is 5.13 Å². The zero-order valence-electron chi connectivity index (χ0n) is 19.9. The largest absolute Gasteiger partial charge is 0.383 e. The molecule has 10 heteroatoms. The highest BCUT2D eigenvalue weighted by molar-refractivity contribution is 7.13. The van der Waals surface area contributed by atoms with Gasteiger partial charge < -0.3 is 24.6 Å². The van der Waals surface area contributed by atoms with Gasteiger partial charge in [0.05, 0.1) is 30.9 Å². The van der Waals surface area contributed by atoms with Crippen LogP contribution in [-0.4, -0.2) is 84.6 Å². The molecule has 0 bridgehead atoms. The first-order chi connectivity index (χ1) is 15.9. The highest BCUT2D eigenvalue weighted by Gasteiger charge is 2.28. The minimum Gasteiger partial charge on any atom is -0.383 e. The van der Waals surface area contributed by atoms with Crippen molar-refractivity contribution in [3.63, 3.8) is 0 Å². The summed E-state index contributed by atoms with van der Waals surface area (Å²) in [7, 11) is 1.58. The minimum absolute atomic E-state index is 0.00370. The number of anilines is 1. The Bertz CT molecular complexity index is 801. The van der Waals surface area contributed by atoms with Gasteiger partial charge in [-0.2, -0.15) is 0 Å². The van der Waals surface area contributed by atoms with E-state index in [1.807, 2.05) is 13.8 Å². The Labute approximate surface area is 199 Å². The van der Waals surface area contributed by atoms with Gasteiger partial charge in [0.1, 0.15) is 6.54 Å². The molecule has 2 atom stereocenters. The zero-order chi connectivity index (χ0) is 23.8. The second kappa shape index (κ2) is 12.4. The Kier molecular flexibility index (Phi) is 9.64. The number of carbonyl (C=O) groups is 3. The number of aromatic nitrogens is 1. The summed E-state index contributed by atoms with van der Waals surface area (Å²) in [6, 6.07) is 0. The van der Waals surface area contributed by atoms with Crippen molar-refractivity contribution in [1.29, 1.82) is 0 Å². The number of hydrogen-bond acceptors (Lipinski definition) is 7. The summed E-state index contributed by atoms with van der Waals surface area (Å²) >= 11 is 1.28. The topological polar surface area (TPSA) is 101 Å². The highest BCUT2D eigenvalue weighted by Crippen LogP contribution is 2.25. The van der Waals surface area contributed by atoms with Gasteiger partial charge in [-0.1, -0.05) is 19.3 Å². The van der Waals surface area contributed by atoms with Crippen molar-refractivity contribution in [2.45, 2.75) is 64.6 Å². The quantitative estimate of drug-likeness (QED) is 0.582. The Balaban J connectivity index is 1.52. The van der Waals surface area contributed by atoms with Crippen molar-refractivity contribution in [2.24, 2.45) is 5.92 Å². The summed E-state index contributed by atoms with van der Waals surface area (Å²) in [6.45, 7) is 5.80. The number of nitrogens with zero attached hydrogens (tertiary/aromatic N) is 3. The molecule has 1 aromatic heterocycles. The van der Waals surface area contributed by atoms with Gasteiger partial charge in [0.25, 0.3) is 0 Å². The zero-order valence-corrected chi connectivity index (χ0v) is 20.7. The van der Waals surface area contributed by atoms with Gasteiger partial charge in [-0.15, -0.1) is 11.3 Å². The fourth-order valence-corrected chi connectivity index (χ4v) is 5.23. The van der Waals surface area contributed by atoms with Crippen LogP contribution >= 0.6 is 11.3 Å². The Morgan fingerprint density at radius 2 is 1.91 bits per heavy atom. The highest BCUT2D eigenvalue weighted by atomic mass is 32.1. The van der Waals surface area contributed by atoms with E-state index in [-0.39, 0.29) is 48.8 Å². The minimum atomic E-state index is -0.293. The maximum atomic E-state index is 12.9. The van der Waals surface area contributed by atoms with Crippen molar-refractivity contribution < 1.29 is 23.9 Å². The molecule has 33 heavy (non-hydrogen) atoms. The second-order valence-corrected chi connectivity index (χ2v) is 9.87. The number of carbonyl (C=O) groups excluding carboxylic acids is 3. The van der Waals surface area contributed by atoms with Crippen LogP contribution in [0.5, 0.6) is 0 Å². The van der Waals surface area contributed by atoms with E-state index in [0.29, 0.717) is 37.1 Å². The number of hydrogen-bond donors (Lipinski definition) is 1. The average molecular weight is 481 g/mol. The number of methoxy groups -OCH3 is 1. The molecule has 0 radical (unpaired) electrons. The van der Waals surface area contributed by atoms with Crippen molar-refractivity contribution in [1.82, 2.24) is 14.8 Å². The number of nitrogens with one attached hydrogen (secondary N) is 1. The molecule has 1 aliphatic carbocycles. The van der Waals surface area contributed by atoms with Crippen LogP contribution in [-0.2, 0) is 30.3 Å². The molecular formula is C23H36N4O5S. The second-order valence-electron chi connectivity index (χ2n) is 9.01. The van der Waals surface area contributed by atoms with Crippen LogP contribution in [0, 0.1) is 5.92 Å². The normalized spacial score (nSPS) is 21.6. The third-order valence-corrected chi connectivity index (χ3v) is 6.88. The van der Waals surface area contributed by atoms with Gasteiger partial charge in [-0.25, -0.2) is 4.98 Å². The molecule has 3 rings (SSSR count). The maximum absolute atomic E-state index is 12.9. The molecule has 184 valence electrons. The van der Waals surface area contributed by atoms with Crippen LogP contribution in [0.15, 0.2) is 5.38 Å². The lowest BCUT2D eigenvalue weighted by molar-refractivity contribution is -0.142. The van der Waals surface area contributed by atoms with E-state index in [0.717, 1.165) is 25.7 Å². The summed E-state index contributed by atoms with van der Waals surface area (Å²) in [5, 5.41) is 5.00. The SMILES string of the molecule is COCCN(CC(=O)Nc1nc(CC(=O)N2CC(C)OC(C)C2)cs1)C(=O)C1CCCCC1. The fourth-order valence-electron chi connectivity index (χ4n) is 4.50. The molecule has 2 unspecified atom stereocenters. The Hall–Kier alpha value is -2.04. The molecule has 2 heterocycles. The predicted molar refractivity (Wildman–Crippen MR) is 126 cm³/mol. The number of rotatable bonds is 9. The summed E-state index contributed by atoms with van der Waals surface area (Å²) in [5.74, 6) is -0.268. The van der Waals surface area contributed by atoms with Crippen LogP contribution in [0.1, 0.15) is 51.6 Å². The van der Waals surface area contributed by atoms with Gasteiger partial charge in [-0.05, 0) is 26.7 Å². The summed E-state index contributed by atoms with van der Waals surface area (Å²) in [6.07, 6.45) is 5.27. The molecule has 1 saturated carbocycles. The first-order valence-electron chi connectivity index (χ1n) is 11.8. The van der Waals surface area contributed by atoms with Crippen molar-refractivity contribution in [3.05, 3.63) is 11.1 Å². The van der Waals surface area contributed by atoms with E-state index in [4.69, 9.17) is 9.47 Å². The van der Waals surface area contributed by atoms with E-state index in [1.165, 1.54) is 17.8 Å². The van der Waals surface area contributed by atoms with E-state index < -0.39 is 0 Å². The van der Waals surface area contributed by atoms with Gasteiger partial charge in [-0.3, -0.25) is 14.4 Å². The standard InChI is InChI=1S/C23H36N4O5S/c1-16-12-27(13-17(2)32-16)21(29)11-19-15-33-23(24-19)25-20(28)14-26(9-10-31-3)22(30)18-7-5-4-6-8-18/h15-18H,4-14H2,1-3H3,(H,24,25,28). The molecule has 1 saturated heterocycles. The van der Waals surface area contributed by atoms with Crippen LogP contribution in [0.3, 0.4) is 0 Å². The molecule has 2 fully saturated rings. The number of thiazole rings is 1. The fraction of sp³-hybridized carbons (Fsp3) is 0.739. The first-order valence-corrected chi connectivity index (χ1v) is 12.7. The van der Waals surface area contributed by atoms with E-state index in [2.05, 4.69) is 10.3 Å². The average Bonchev–Trinajstić information content (AvgIpc) is 3.22. The predicted octanol–water partition coefficient (Wildman–Crippen LogP) is 2.32. The van der Waals surface area contributed by atoms with Gasteiger partial charge >= 0.3 is 0 Å². The lowest BCUT2D eigenvalue weighted by atomic mass is 9.88. The van der Waals surface area contributed by atoms with E-state index in [1.54, 1.807) is 22.3 Å². The molecular weight excluding hydrogens is 444 g/mol. The number of ether oxygens (including phenoxy) is 2. The molecule has 3 amide bonds. The first kappa shape index (κ1) is 25.6. The number of morpholine rings is 1. The summed E-state index contributed by atoms with van der Waals surface area (Å²) in [5.41, 5.74) is 0.626. The van der Waals surface area contributed by atoms with Gasteiger partial charge in [0, 0.05) is 38.0 Å². The Morgan fingerprint density at radius 1 is 1.21 bits per heavy atom. The van der Waals surface area contributed by atoms with Crippen LogP contribution in [0.25, 0.3) is 0 Å². The van der Waals surface area contributed by atoms with Crippen molar-refractivity contribution in [2.75, 3.05) is 45.2 Å². The molecule has 1 aliphatic heterocycles. The molecule has 0 spiro atoms. The molecule has 0 aromatic carbocycles. The summed E-state index contributed by atoms with van der Waals surface area (Å²) in [4.78, 5) is 46.1. The lowest BCUT2D eigenvalue weighted by Gasteiger charge is -2.35. The lowest BCUT2D eigenvalue weighted by Crippen LogP contribution is -2.48. The van der Waals surface area contributed by atoms with Crippen LogP contribution < -0.4 is 5.32 Å².